The molecule has 19 heavy (non-hydrogen) atoms. The van der Waals surface area contributed by atoms with E-state index in [1.807, 2.05) is 6.20 Å². The Morgan fingerprint density at radius 2 is 2.11 bits per heavy atom. The summed E-state index contributed by atoms with van der Waals surface area (Å²) in [6.07, 6.45) is 3.77. The molecule has 1 N–H and O–H groups in total. The van der Waals surface area contributed by atoms with Crippen molar-refractivity contribution in [3.8, 4) is 5.69 Å². The van der Waals surface area contributed by atoms with E-state index >= 15 is 0 Å². The maximum Gasteiger partial charge on any atom is 0.207 e. The third-order valence-electron chi connectivity index (χ3n) is 3.20. The van der Waals surface area contributed by atoms with Crippen LogP contribution in [0, 0.1) is 13.8 Å². The number of benzene rings is 1. The van der Waals surface area contributed by atoms with Crippen molar-refractivity contribution in [3.05, 3.63) is 41.7 Å². The molecule has 0 saturated heterocycles. The molecule has 2 rings (SSSR count). The number of aryl methyl sites for hydroxylation is 2. The van der Waals surface area contributed by atoms with E-state index in [1.165, 1.54) is 11.1 Å². The molecule has 0 amide bonds. The molecular formula is C15H21N3O. The minimum Gasteiger partial charge on any atom is -0.383 e. The van der Waals surface area contributed by atoms with Crippen LogP contribution < -0.4 is 5.32 Å². The highest BCUT2D eigenvalue weighted by atomic mass is 16.5. The van der Waals surface area contributed by atoms with Crippen LogP contribution in [0.4, 0.5) is 5.95 Å². The first-order valence-electron chi connectivity index (χ1n) is 6.48. The van der Waals surface area contributed by atoms with Gasteiger partial charge in [0.1, 0.15) is 0 Å². The Bertz CT molecular complexity index is 548. The summed E-state index contributed by atoms with van der Waals surface area (Å²) in [5, 5.41) is 3.35. The maximum atomic E-state index is 5.13. The van der Waals surface area contributed by atoms with Crippen molar-refractivity contribution >= 4 is 5.95 Å². The number of nitrogens with zero attached hydrogens (tertiary/aromatic N) is 2. The molecule has 2 aromatic rings. The van der Waals surface area contributed by atoms with Crippen LogP contribution in [0.25, 0.3) is 5.69 Å². The number of hydrogen-bond acceptors (Lipinski definition) is 3. The van der Waals surface area contributed by atoms with Gasteiger partial charge in [0.2, 0.25) is 5.95 Å². The molecule has 102 valence electrons. The Morgan fingerprint density at radius 1 is 1.32 bits per heavy atom. The number of ether oxygens (including phenoxy) is 1. The first kappa shape index (κ1) is 13.6. The van der Waals surface area contributed by atoms with Crippen LogP contribution in [-0.4, -0.2) is 29.3 Å². The summed E-state index contributed by atoms with van der Waals surface area (Å²) in [6, 6.07) is 6.63. The largest absolute Gasteiger partial charge is 0.383 e. The summed E-state index contributed by atoms with van der Waals surface area (Å²) in [5.41, 5.74) is 3.70. The number of hydrogen-bond donors (Lipinski definition) is 1. The Morgan fingerprint density at radius 3 is 2.79 bits per heavy atom. The molecule has 0 radical (unpaired) electrons. The van der Waals surface area contributed by atoms with Crippen LogP contribution in [0.2, 0.25) is 0 Å². The normalized spacial score (nSPS) is 12.4. The van der Waals surface area contributed by atoms with Gasteiger partial charge in [0.25, 0.3) is 0 Å². The van der Waals surface area contributed by atoms with E-state index in [1.54, 1.807) is 13.3 Å². The van der Waals surface area contributed by atoms with Crippen molar-refractivity contribution in [3.63, 3.8) is 0 Å². The van der Waals surface area contributed by atoms with Crippen LogP contribution >= 0.6 is 0 Å². The summed E-state index contributed by atoms with van der Waals surface area (Å²) in [5.74, 6) is 0.841. The Hall–Kier alpha value is -1.81. The molecule has 1 heterocycles. The number of methoxy groups -OCH3 is 1. The number of rotatable bonds is 5. The van der Waals surface area contributed by atoms with Gasteiger partial charge >= 0.3 is 0 Å². The van der Waals surface area contributed by atoms with Gasteiger partial charge < -0.3 is 10.1 Å². The topological polar surface area (TPSA) is 39.1 Å². The first-order chi connectivity index (χ1) is 9.11. The monoisotopic (exact) mass is 259 g/mol. The number of aromatic nitrogens is 2. The molecular weight excluding hydrogens is 238 g/mol. The Balaban J connectivity index is 2.25. The predicted molar refractivity (Wildman–Crippen MR) is 78.0 cm³/mol. The molecule has 1 unspecified atom stereocenters. The lowest BCUT2D eigenvalue weighted by Gasteiger charge is -2.15. The van der Waals surface area contributed by atoms with Crippen molar-refractivity contribution in [1.82, 2.24) is 9.55 Å². The second kappa shape index (κ2) is 5.89. The average Bonchev–Trinajstić information content (AvgIpc) is 2.81. The molecule has 4 heteroatoms. The van der Waals surface area contributed by atoms with E-state index in [2.05, 4.69) is 53.8 Å². The van der Waals surface area contributed by atoms with E-state index in [9.17, 15) is 0 Å². The molecule has 0 aliphatic heterocycles. The highest BCUT2D eigenvalue weighted by Gasteiger charge is 2.08. The molecule has 1 atom stereocenters. The number of nitrogens with one attached hydrogen (secondary N) is 1. The predicted octanol–water partition coefficient (Wildman–Crippen LogP) is 2.94. The van der Waals surface area contributed by atoms with E-state index in [0.717, 1.165) is 11.6 Å². The lowest BCUT2D eigenvalue weighted by Crippen LogP contribution is -2.22. The molecule has 0 spiro atoms. The second-order valence-corrected chi connectivity index (χ2v) is 4.89. The quantitative estimate of drug-likeness (QED) is 0.897. The van der Waals surface area contributed by atoms with Gasteiger partial charge in [-0.25, -0.2) is 4.98 Å². The van der Waals surface area contributed by atoms with Gasteiger partial charge in [-0.2, -0.15) is 0 Å². The fourth-order valence-corrected chi connectivity index (χ4v) is 2.01. The molecule has 0 fully saturated rings. The van der Waals surface area contributed by atoms with Gasteiger partial charge in [0, 0.05) is 31.2 Å². The molecule has 1 aromatic heterocycles. The summed E-state index contributed by atoms with van der Waals surface area (Å²) in [7, 11) is 1.70. The first-order valence-corrected chi connectivity index (χ1v) is 6.48. The maximum absolute atomic E-state index is 5.13. The summed E-state index contributed by atoms with van der Waals surface area (Å²) >= 11 is 0. The van der Waals surface area contributed by atoms with Gasteiger partial charge in [0.05, 0.1) is 6.61 Å². The van der Waals surface area contributed by atoms with E-state index in [0.29, 0.717) is 6.61 Å². The average molecular weight is 259 g/mol. The summed E-state index contributed by atoms with van der Waals surface area (Å²) in [4.78, 5) is 4.36. The van der Waals surface area contributed by atoms with E-state index in [4.69, 9.17) is 4.74 Å². The molecule has 1 aromatic carbocycles. The lowest BCUT2D eigenvalue weighted by molar-refractivity contribution is 0.190. The molecule has 4 nitrogen and oxygen atoms in total. The van der Waals surface area contributed by atoms with Crippen LogP contribution in [0.1, 0.15) is 18.1 Å². The molecule has 0 bridgehead atoms. The highest BCUT2D eigenvalue weighted by molar-refractivity contribution is 5.45. The zero-order chi connectivity index (χ0) is 13.8. The van der Waals surface area contributed by atoms with Gasteiger partial charge in [-0.05, 0) is 44.0 Å². The smallest absolute Gasteiger partial charge is 0.207 e. The highest BCUT2D eigenvalue weighted by Crippen LogP contribution is 2.18. The standard InChI is InChI=1S/C15H21N3O/c1-11-5-6-14(9-12(11)2)18-8-7-16-15(18)17-13(3)10-19-4/h5-9,13H,10H2,1-4H3,(H,16,17). The van der Waals surface area contributed by atoms with Crippen LogP contribution in [0.15, 0.2) is 30.6 Å². The van der Waals surface area contributed by atoms with E-state index in [-0.39, 0.29) is 6.04 Å². The fraction of sp³-hybridized carbons (Fsp3) is 0.400. The zero-order valence-corrected chi connectivity index (χ0v) is 12.0. The second-order valence-electron chi connectivity index (χ2n) is 4.89. The van der Waals surface area contributed by atoms with Gasteiger partial charge in [-0.1, -0.05) is 6.07 Å². The Kier molecular flexibility index (Phi) is 4.22. The number of anilines is 1. The molecule has 0 aliphatic carbocycles. The van der Waals surface area contributed by atoms with Crippen molar-refractivity contribution < 1.29 is 4.74 Å². The third-order valence-corrected chi connectivity index (χ3v) is 3.20. The minimum absolute atomic E-state index is 0.220. The zero-order valence-electron chi connectivity index (χ0n) is 12.0. The fourth-order valence-electron chi connectivity index (χ4n) is 2.01. The molecule has 0 aliphatic rings. The molecule has 0 saturated carbocycles. The number of imidazole rings is 1. The van der Waals surface area contributed by atoms with Crippen molar-refractivity contribution in [2.75, 3.05) is 19.0 Å². The third kappa shape index (κ3) is 3.15. The minimum atomic E-state index is 0.220. The van der Waals surface area contributed by atoms with Gasteiger partial charge in [-0.3, -0.25) is 4.57 Å². The summed E-state index contributed by atoms with van der Waals surface area (Å²) < 4.78 is 7.19. The van der Waals surface area contributed by atoms with Crippen molar-refractivity contribution in [1.29, 1.82) is 0 Å². The Labute approximate surface area is 114 Å². The SMILES string of the molecule is COCC(C)Nc1nccn1-c1ccc(C)c(C)c1. The van der Waals surface area contributed by atoms with Gasteiger partial charge in [0.15, 0.2) is 0 Å². The van der Waals surface area contributed by atoms with Gasteiger partial charge in [-0.15, -0.1) is 0 Å². The van der Waals surface area contributed by atoms with Crippen molar-refractivity contribution in [2.24, 2.45) is 0 Å². The van der Waals surface area contributed by atoms with Crippen LogP contribution in [0.3, 0.4) is 0 Å². The van der Waals surface area contributed by atoms with Crippen molar-refractivity contribution in [2.45, 2.75) is 26.8 Å². The summed E-state index contributed by atoms with van der Waals surface area (Å²) in [6.45, 7) is 6.96. The van der Waals surface area contributed by atoms with E-state index < -0.39 is 0 Å². The van der Waals surface area contributed by atoms with Crippen LogP contribution in [0.5, 0.6) is 0 Å². The lowest BCUT2D eigenvalue weighted by atomic mass is 10.1. The van der Waals surface area contributed by atoms with Crippen LogP contribution in [-0.2, 0) is 4.74 Å².